The first-order valence-corrected chi connectivity index (χ1v) is 9.80. The number of aliphatic hydroxyl groups is 1. The van der Waals surface area contributed by atoms with Gasteiger partial charge in [0.15, 0.2) is 0 Å². The zero-order valence-electron chi connectivity index (χ0n) is 17.8. The van der Waals surface area contributed by atoms with Crippen molar-refractivity contribution in [1.82, 2.24) is 14.9 Å². The number of anilines is 2. The highest BCUT2D eigenvalue weighted by atomic mass is 16.5. The van der Waals surface area contributed by atoms with Crippen LogP contribution in [0.3, 0.4) is 0 Å². The van der Waals surface area contributed by atoms with Crippen LogP contribution in [-0.4, -0.2) is 53.3 Å². The van der Waals surface area contributed by atoms with Gasteiger partial charge in [-0.2, -0.15) is 4.98 Å². The van der Waals surface area contributed by atoms with Gasteiger partial charge in [-0.15, -0.1) is 0 Å². The third-order valence-corrected chi connectivity index (χ3v) is 4.38. The Morgan fingerprint density at radius 2 is 1.73 bits per heavy atom. The van der Waals surface area contributed by atoms with Crippen LogP contribution in [0, 0.1) is 13.8 Å². The number of hydrogen-bond donors (Lipinski definition) is 2. The largest absolute Gasteiger partial charge is 0.491 e. The Kier molecular flexibility index (Phi) is 7.21. The number of hydrogen-bond acceptors (Lipinski definition) is 7. The Morgan fingerprint density at radius 1 is 1.03 bits per heavy atom. The normalized spacial score (nSPS) is 11.9. The monoisotopic (exact) mass is 408 g/mol. The maximum absolute atomic E-state index is 9.89. The van der Waals surface area contributed by atoms with Gasteiger partial charge in [0.1, 0.15) is 30.0 Å². The highest BCUT2D eigenvalue weighted by molar-refractivity contribution is 5.57. The number of aromatic nitrogens is 2. The van der Waals surface area contributed by atoms with Crippen LogP contribution in [0.2, 0.25) is 0 Å². The minimum absolute atomic E-state index is 0.246. The number of benzene rings is 2. The summed E-state index contributed by atoms with van der Waals surface area (Å²) in [6, 6.07) is 15.5. The molecule has 0 radical (unpaired) electrons. The van der Waals surface area contributed by atoms with E-state index in [1.807, 2.05) is 75.3 Å². The van der Waals surface area contributed by atoms with E-state index in [-0.39, 0.29) is 12.6 Å². The van der Waals surface area contributed by atoms with E-state index in [2.05, 4.69) is 15.3 Å². The highest BCUT2D eigenvalue weighted by Crippen LogP contribution is 2.27. The molecule has 0 aliphatic heterocycles. The lowest BCUT2D eigenvalue weighted by Crippen LogP contribution is -2.30. The molecule has 0 aliphatic rings. The predicted molar refractivity (Wildman–Crippen MR) is 118 cm³/mol. The molecule has 0 saturated carbocycles. The first kappa shape index (κ1) is 21.5. The number of rotatable bonds is 9. The quantitative estimate of drug-likeness (QED) is 0.555. The molecule has 0 aliphatic carbocycles. The SMILES string of the molecule is Cc1cccc(C)c1Oc1nccc(Nc2ccc(OCC(O)CN(C)C)cc2)n1. The fourth-order valence-electron chi connectivity index (χ4n) is 2.96. The van der Waals surface area contributed by atoms with Gasteiger partial charge in [-0.05, 0) is 69.4 Å². The van der Waals surface area contributed by atoms with Gasteiger partial charge in [0.2, 0.25) is 0 Å². The summed E-state index contributed by atoms with van der Waals surface area (Å²) in [4.78, 5) is 10.6. The molecule has 0 saturated heterocycles. The molecule has 0 fully saturated rings. The van der Waals surface area contributed by atoms with Crippen LogP contribution in [0.5, 0.6) is 17.5 Å². The zero-order valence-corrected chi connectivity index (χ0v) is 17.8. The number of para-hydroxylation sites is 1. The lowest BCUT2D eigenvalue weighted by molar-refractivity contribution is 0.0831. The molecule has 1 atom stereocenters. The molecule has 1 unspecified atom stereocenters. The van der Waals surface area contributed by atoms with E-state index in [0.717, 1.165) is 22.6 Å². The number of likely N-dealkylation sites (N-methyl/N-ethyl adjacent to an activating group) is 1. The molecule has 0 amide bonds. The molecule has 3 rings (SSSR count). The van der Waals surface area contributed by atoms with Crippen LogP contribution in [0.15, 0.2) is 54.7 Å². The summed E-state index contributed by atoms with van der Waals surface area (Å²) in [5, 5.41) is 13.1. The third kappa shape index (κ3) is 6.17. The Balaban J connectivity index is 1.61. The number of aliphatic hydroxyl groups excluding tert-OH is 1. The van der Waals surface area contributed by atoms with Crippen molar-refractivity contribution in [3.8, 4) is 17.5 Å². The topological polar surface area (TPSA) is 79.7 Å². The smallest absolute Gasteiger partial charge is 0.323 e. The predicted octanol–water partition coefficient (Wildman–Crippen LogP) is 3.93. The van der Waals surface area contributed by atoms with Gasteiger partial charge in [-0.25, -0.2) is 4.98 Å². The molecule has 1 aromatic heterocycles. The van der Waals surface area contributed by atoms with Crippen LogP contribution in [0.25, 0.3) is 0 Å². The van der Waals surface area contributed by atoms with Crippen molar-refractivity contribution in [3.63, 3.8) is 0 Å². The molecule has 7 nitrogen and oxygen atoms in total. The molecule has 1 heterocycles. The van der Waals surface area contributed by atoms with Gasteiger partial charge in [-0.3, -0.25) is 0 Å². The van der Waals surface area contributed by atoms with Gasteiger partial charge < -0.3 is 24.8 Å². The number of nitrogens with one attached hydrogen (secondary N) is 1. The van der Waals surface area contributed by atoms with E-state index >= 15 is 0 Å². The van der Waals surface area contributed by atoms with Gasteiger partial charge in [-0.1, -0.05) is 18.2 Å². The van der Waals surface area contributed by atoms with Crippen LogP contribution in [-0.2, 0) is 0 Å². The van der Waals surface area contributed by atoms with Crippen molar-refractivity contribution in [3.05, 3.63) is 65.9 Å². The summed E-state index contributed by atoms with van der Waals surface area (Å²) in [5.74, 6) is 2.09. The lowest BCUT2D eigenvalue weighted by atomic mass is 10.1. The third-order valence-electron chi connectivity index (χ3n) is 4.38. The summed E-state index contributed by atoms with van der Waals surface area (Å²) in [6.07, 6.45) is 1.12. The maximum Gasteiger partial charge on any atom is 0.323 e. The molecule has 0 spiro atoms. The second-order valence-corrected chi connectivity index (χ2v) is 7.42. The highest BCUT2D eigenvalue weighted by Gasteiger charge is 2.09. The molecular formula is C23H28N4O3. The number of aryl methyl sites for hydroxylation is 2. The fourth-order valence-corrected chi connectivity index (χ4v) is 2.96. The average Bonchev–Trinajstić information content (AvgIpc) is 2.70. The van der Waals surface area contributed by atoms with Gasteiger partial charge in [0.05, 0.1) is 0 Å². The van der Waals surface area contributed by atoms with Crippen molar-refractivity contribution in [2.45, 2.75) is 20.0 Å². The van der Waals surface area contributed by atoms with Crippen LogP contribution >= 0.6 is 0 Å². The summed E-state index contributed by atoms with van der Waals surface area (Å²) in [5.41, 5.74) is 2.92. The Hall–Kier alpha value is -3.16. The summed E-state index contributed by atoms with van der Waals surface area (Å²) in [6.45, 7) is 4.79. The second-order valence-electron chi connectivity index (χ2n) is 7.42. The van der Waals surface area contributed by atoms with Crippen LogP contribution in [0.4, 0.5) is 11.5 Å². The zero-order chi connectivity index (χ0) is 21.5. The van der Waals surface area contributed by atoms with Crippen molar-refractivity contribution in [2.24, 2.45) is 0 Å². The average molecular weight is 409 g/mol. The Bertz CT molecular complexity index is 941. The first-order valence-electron chi connectivity index (χ1n) is 9.80. The standard InChI is InChI=1S/C23H28N4O3/c1-16-6-5-7-17(2)22(16)30-23-24-13-12-21(26-23)25-18-8-10-20(11-9-18)29-15-19(28)14-27(3)4/h5-13,19,28H,14-15H2,1-4H3,(H,24,25,26). The molecular weight excluding hydrogens is 380 g/mol. The minimum Gasteiger partial charge on any atom is -0.491 e. The molecule has 2 N–H and O–H groups in total. The Labute approximate surface area is 177 Å². The summed E-state index contributed by atoms with van der Waals surface area (Å²) < 4.78 is 11.5. The molecule has 7 heteroatoms. The van der Waals surface area contributed by atoms with E-state index in [0.29, 0.717) is 18.1 Å². The Morgan fingerprint density at radius 3 is 2.40 bits per heavy atom. The summed E-state index contributed by atoms with van der Waals surface area (Å²) in [7, 11) is 3.82. The second kappa shape index (κ2) is 10.0. The first-order chi connectivity index (χ1) is 14.4. The summed E-state index contributed by atoms with van der Waals surface area (Å²) >= 11 is 0. The minimum atomic E-state index is -0.533. The van der Waals surface area contributed by atoms with Gasteiger partial charge in [0.25, 0.3) is 0 Å². The van der Waals surface area contributed by atoms with E-state index in [4.69, 9.17) is 9.47 Å². The number of nitrogens with zero attached hydrogens (tertiary/aromatic N) is 3. The lowest BCUT2D eigenvalue weighted by Gasteiger charge is -2.16. The van der Waals surface area contributed by atoms with E-state index in [1.54, 1.807) is 12.3 Å². The fraction of sp³-hybridized carbons (Fsp3) is 0.304. The van der Waals surface area contributed by atoms with Gasteiger partial charge >= 0.3 is 6.01 Å². The van der Waals surface area contributed by atoms with Crippen molar-refractivity contribution >= 4 is 11.5 Å². The molecule has 0 bridgehead atoms. The van der Waals surface area contributed by atoms with E-state index < -0.39 is 6.10 Å². The molecule has 3 aromatic rings. The molecule has 30 heavy (non-hydrogen) atoms. The molecule has 158 valence electrons. The van der Waals surface area contributed by atoms with Crippen LogP contribution < -0.4 is 14.8 Å². The number of ether oxygens (including phenoxy) is 2. The van der Waals surface area contributed by atoms with Crippen molar-refractivity contribution < 1.29 is 14.6 Å². The van der Waals surface area contributed by atoms with E-state index in [9.17, 15) is 5.11 Å². The van der Waals surface area contributed by atoms with Gasteiger partial charge in [0, 0.05) is 18.4 Å². The van der Waals surface area contributed by atoms with E-state index in [1.165, 1.54) is 0 Å². The molecule has 2 aromatic carbocycles. The van der Waals surface area contributed by atoms with Crippen molar-refractivity contribution in [1.29, 1.82) is 0 Å². The van der Waals surface area contributed by atoms with Crippen molar-refractivity contribution in [2.75, 3.05) is 32.6 Å². The maximum atomic E-state index is 9.89. The van der Waals surface area contributed by atoms with Crippen LogP contribution in [0.1, 0.15) is 11.1 Å².